The van der Waals surface area contributed by atoms with Crippen LogP contribution in [0, 0.1) is 5.82 Å². The molecule has 3 aromatic rings. The molecule has 1 N–H and O–H groups in total. The van der Waals surface area contributed by atoms with Crippen LogP contribution in [0.5, 0.6) is 0 Å². The Hall–Kier alpha value is -3.88. The van der Waals surface area contributed by atoms with Gasteiger partial charge in [0.05, 0.1) is 12.8 Å². The topological polar surface area (TPSA) is 97.4 Å². The lowest BCUT2D eigenvalue weighted by Gasteiger charge is -2.00. The van der Waals surface area contributed by atoms with Crippen LogP contribution in [0.3, 0.4) is 0 Å². The van der Waals surface area contributed by atoms with Gasteiger partial charge in [0, 0.05) is 10.4 Å². The molecule has 0 radical (unpaired) electrons. The molecule has 0 unspecified atom stereocenters. The van der Waals surface area contributed by atoms with E-state index in [-0.39, 0.29) is 24.6 Å². The first-order valence-corrected chi connectivity index (χ1v) is 8.79. The number of ketones is 1. The van der Waals surface area contributed by atoms with E-state index >= 15 is 0 Å². The van der Waals surface area contributed by atoms with Gasteiger partial charge in [0.2, 0.25) is 5.78 Å². The van der Waals surface area contributed by atoms with E-state index in [1.54, 1.807) is 43.3 Å². The van der Waals surface area contributed by atoms with Gasteiger partial charge in [-0.15, -0.1) is 4.68 Å². The molecule has 0 saturated heterocycles. The average Bonchev–Trinajstić information content (AvgIpc) is 3.02. The van der Waals surface area contributed by atoms with Gasteiger partial charge in [0.15, 0.2) is 6.54 Å². The summed E-state index contributed by atoms with van der Waals surface area (Å²) in [7, 11) is 0. The Morgan fingerprint density at radius 1 is 1.21 bits per heavy atom. The first-order chi connectivity index (χ1) is 14.0. The first-order valence-electron chi connectivity index (χ1n) is 8.79. The third kappa shape index (κ3) is 4.70. The summed E-state index contributed by atoms with van der Waals surface area (Å²) < 4.78 is 19.3. The van der Waals surface area contributed by atoms with E-state index < -0.39 is 17.3 Å². The monoisotopic (exact) mass is 397 g/mol. The SMILES string of the molecule is CCOC(=O)c1c(=O)n(/N=C\c2cccc(F)c2)[nH][n+]1CC(=O)c1ccccc1. The smallest absolute Gasteiger partial charge is 0.434 e. The van der Waals surface area contributed by atoms with Crippen molar-refractivity contribution in [1.82, 2.24) is 10.0 Å². The van der Waals surface area contributed by atoms with Crippen molar-refractivity contribution in [2.45, 2.75) is 13.5 Å². The van der Waals surface area contributed by atoms with Gasteiger partial charge in [0.1, 0.15) is 5.82 Å². The third-order valence-corrected chi connectivity index (χ3v) is 3.92. The molecule has 2 aromatic carbocycles. The number of aromatic amines is 1. The molecule has 29 heavy (non-hydrogen) atoms. The lowest BCUT2D eigenvalue weighted by molar-refractivity contribution is -0.744. The minimum Gasteiger partial charge on any atom is -0.459 e. The molecule has 0 aliphatic carbocycles. The highest BCUT2D eigenvalue weighted by Gasteiger charge is 2.31. The molecule has 0 aliphatic rings. The predicted molar refractivity (Wildman–Crippen MR) is 101 cm³/mol. The zero-order valence-electron chi connectivity index (χ0n) is 15.5. The first kappa shape index (κ1) is 19.9. The number of ether oxygens (including phenoxy) is 1. The van der Waals surface area contributed by atoms with Gasteiger partial charge in [-0.25, -0.2) is 14.0 Å². The number of esters is 1. The number of carbonyl (C=O) groups excluding carboxylic acids is 2. The average molecular weight is 397 g/mol. The normalized spacial score (nSPS) is 11.0. The molecule has 1 aromatic heterocycles. The molecule has 0 atom stereocenters. The Bertz CT molecular complexity index is 1120. The second-order valence-corrected chi connectivity index (χ2v) is 5.96. The van der Waals surface area contributed by atoms with Crippen LogP contribution in [-0.2, 0) is 11.3 Å². The predicted octanol–water partition coefficient (Wildman–Crippen LogP) is 1.54. The van der Waals surface area contributed by atoms with Crippen molar-refractivity contribution in [2.75, 3.05) is 6.61 Å². The summed E-state index contributed by atoms with van der Waals surface area (Å²) in [6, 6.07) is 14.1. The summed E-state index contributed by atoms with van der Waals surface area (Å²) in [5.41, 5.74) is -0.327. The highest BCUT2D eigenvalue weighted by Crippen LogP contribution is 2.02. The largest absolute Gasteiger partial charge is 0.459 e. The van der Waals surface area contributed by atoms with Crippen LogP contribution < -0.4 is 10.2 Å². The summed E-state index contributed by atoms with van der Waals surface area (Å²) >= 11 is 0. The van der Waals surface area contributed by atoms with Crippen molar-refractivity contribution in [3.63, 3.8) is 0 Å². The molecular formula is C20H18FN4O4+. The lowest BCUT2D eigenvalue weighted by Crippen LogP contribution is -2.46. The van der Waals surface area contributed by atoms with E-state index in [1.165, 1.54) is 24.4 Å². The fourth-order valence-corrected chi connectivity index (χ4v) is 2.59. The number of halogens is 1. The summed E-state index contributed by atoms with van der Waals surface area (Å²) in [5, 5.41) is 6.52. The Kier molecular flexibility index (Phi) is 6.08. The van der Waals surface area contributed by atoms with E-state index in [9.17, 15) is 18.8 Å². The molecule has 0 bridgehead atoms. The number of nitrogens with zero attached hydrogens (tertiary/aromatic N) is 3. The molecule has 8 nitrogen and oxygen atoms in total. The van der Waals surface area contributed by atoms with Crippen LogP contribution in [0.4, 0.5) is 4.39 Å². The number of carbonyl (C=O) groups is 2. The molecule has 0 fully saturated rings. The quantitative estimate of drug-likeness (QED) is 0.283. The number of hydrogen-bond donors (Lipinski definition) is 1. The van der Waals surface area contributed by atoms with Crippen molar-refractivity contribution in [3.05, 3.63) is 87.6 Å². The number of benzene rings is 2. The Balaban J connectivity index is 1.96. The maximum atomic E-state index is 13.3. The summed E-state index contributed by atoms with van der Waals surface area (Å²) in [6.45, 7) is 1.36. The molecule has 0 spiro atoms. The van der Waals surface area contributed by atoms with Gasteiger partial charge < -0.3 is 4.74 Å². The molecule has 0 saturated carbocycles. The van der Waals surface area contributed by atoms with Gasteiger partial charge in [0.25, 0.3) is 0 Å². The molecule has 3 rings (SSSR count). The standard InChI is InChI=1S/C20H17FN4O4/c1-2-29-20(28)18-19(27)25(22-12-14-7-6-10-16(21)11-14)23-24(18)13-17(26)15-8-4-3-5-9-15/h3-12H,2,13H2,1H3/p+1/b22-12-. The van der Waals surface area contributed by atoms with Crippen molar-refractivity contribution in [3.8, 4) is 0 Å². The van der Waals surface area contributed by atoms with E-state index in [1.807, 2.05) is 0 Å². The molecule has 148 valence electrons. The molecular weight excluding hydrogens is 379 g/mol. The maximum Gasteiger partial charge on any atom is 0.434 e. The van der Waals surface area contributed by atoms with E-state index in [0.717, 1.165) is 9.47 Å². The Morgan fingerprint density at radius 3 is 2.66 bits per heavy atom. The second-order valence-electron chi connectivity index (χ2n) is 5.96. The molecule has 9 heteroatoms. The number of Topliss-reactive ketones (excluding diaryl/α,β-unsaturated/α-hetero) is 1. The Labute approximate surface area is 164 Å². The molecule has 0 amide bonds. The number of hydrogen-bond acceptors (Lipinski definition) is 5. The van der Waals surface area contributed by atoms with Crippen LogP contribution >= 0.6 is 0 Å². The number of nitrogens with one attached hydrogen (secondary N) is 1. The lowest BCUT2D eigenvalue weighted by atomic mass is 10.1. The van der Waals surface area contributed by atoms with Crippen LogP contribution in [-0.4, -0.2) is 34.6 Å². The van der Waals surface area contributed by atoms with E-state index in [0.29, 0.717) is 11.1 Å². The maximum absolute atomic E-state index is 13.3. The summed E-state index contributed by atoms with van der Waals surface area (Å²) in [5.74, 6) is -1.65. The van der Waals surface area contributed by atoms with Gasteiger partial charge in [-0.1, -0.05) is 52.8 Å². The zero-order chi connectivity index (χ0) is 20.8. The van der Waals surface area contributed by atoms with Crippen molar-refractivity contribution < 1.29 is 23.4 Å². The number of aromatic nitrogens is 3. The van der Waals surface area contributed by atoms with Crippen LogP contribution in [0.25, 0.3) is 0 Å². The van der Waals surface area contributed by atoms with E-state index in [4.69, 9.17) is 4.74 Å². The third-order valence-electron chi connectivity index (χ3n) is 3.92. The second kappa shape index (κ2) is 8.87. The fourth-order valence-electron chi connectivity index (χ4n) is 2.59. The van der Waals surface area contributed by atoms with Crippen molar-refractivity contribution in [2.24, 2.45) is 5.10 Å². The van der Waals surface area contributed by atoms with Gasteiger partial charge in [-0.3, -0.25) is 4.79 Å². The number of H-pyrrole nitrogens is 1. The van der Waals surface area contributed by atoms with Crippen LogP contribution in [0.15, 0.2) is 64.5 Å². The van der Waals surface area contributed by atoms with Crippen LogP contribution in [0.1, 0.15) is 33.3 Å². The minimum absolute atomic E-state index is 0.0582. The highest BCUT2D eigenvalue weighted by molar-refractivity contribution is 5.95. The Morgan fingerprint density at radius 2 is 1.97 bits per heavy atom. The highest BCUT2D eigenvalue weighted by atomic mass is 19.1. The summed E-state index contributed by atoms with van der Waals surface area (Å²) in [6.07, 6.45) is 1.25. The number of rotatable bonds is 7. The fraction of sp³-hybridized carbons (Fsp3) is 0.150. The van der Waals surface area contributed by atoms with Gasteiger partial charge in [-0.2, -0.15) is 0 Å². The molecule has 1 heterocycles. The van der Waals surface area contributed by atoms with Crippen molar-refractivity contribution >= 4 is 18.0 Å². The van der Waals surface area contributed by atoms with Crippen LogP contribution in [0.2, 0.25) is 0 Å². The van der Waals surface area contributed by atoms with E-state index in [2.05, 4.69) is 10.3 Å². The van der Waals surface area contributed by atoms with Gasteiger partial charge in [-0.05, 0) is 24.6 Å². The van der Waals surface area contributed by atoms with Gasteiger partial charge >= 0.3 is 17.2 Å². The molecule has 0 aliphatic heterocycles. The zero-order valence-corrected chi connectivity index (χ0v) is 15.5. The van der Waals surface area contributed by atoms with Crippen molar-refractivity contribution in [1.29, 1.82) is 0 Å². The summed E-state index contributed by atoms with van der Waals surface area (Å²) in [4.78, 5) is 38.2. The minimum atomic E-state index is -0.880.